The molecule has 0 amide bonds. The minimum absolute atomic E-state index is 0.0681. The largest absolute Gasteiger partial charge is 0.381 e. The standard InChI is InChI=1S/C7H14Cl2O/c1-2-4-10-5-3-7(9)6-8/h7H,2-6H2,1H3. The molecular formula is C7H14Cl2O. The smallest absolute Gasteiger partial charge is 0.0493 e. The van der Waals surface area contributed by atoms with Gasteiger partial charge in [-0.1, -0.05) is 6.92 Å². The van der Waals surface area contributed by atoms with Gasteiger partial charge in [-0.2, -0.15) is 0 Å². The summed E-state index contributed by atoms with van der Waals surface area (Å²) < 4.78 is 5.21. The summed E-state index contributed by atoms with van der Waals surface area (Å²) in [6, 6.07) is 0. The van der Waals surface area contributed by atoms with E-state index in [4.69, 9.17) is 27.9 Å². The maximum Gasteiger partial charge on any atom is 0.0493 e. The van der Waals surface area contributed by atoms with Crippen molar-refractivity contribution in [1.29, 1.82) is 0 Å². The summed E-state index contributed by atoms with van der Waals surface area (Å²) in [5.74, 6) is 0.511. The number of rotatable bonds is 6. The van der Waals surface area contributed by atoms with Crippen molar-refractivity contribution in [1.82, 2.24) is 0 Å². The van der Waals surface area contributed by atoms with Gasteiger partial charge in [-0.05, 0) is 12.8 Å². The molecule has 0 spiro atoms. The molecule has 0 aliphatic heterocycles. The fourth-order valence-corrected chi connectivity index (χ4v) is 0.778. The van der Waals surface area contributed by atoms with E-state index < -0.39 is 0 Å². The molecule has 0 bridgehead atoms. The van der Waals surface area contributed by atoms with Crippen LogP contribution in [0.5, 0.6) is 0 Å². The van der Waals surface area contributed by atoms with Crippen molar-refractivity contribution in [3.63, 3.8) is 0 Å². The van der Waals surface area contributed by atoms with Crippen LogP contribution in [0, 0.1) is 0 Å². The zero-order valence-corrected chi connectivity index (χ0v) is 7.79. The van der Waals surface area contributed by atoms with Gasteiger partial charge in [0.1, 0.15) is 0 Å². The topological polar surface area (TPSA) is 9.23 Å². The zero-order chi connectivity index (χ0) is 7.82. The molecule has 0 fully saturated rings. The molecule has 1 atom stereocenters. The first-order valence-corrected chi connectivity index (χ1v) is 4.56. The molecular weight excluding hydrogens is 171 g/mol. The Morgan fingerprint density at radius 1 is 1.40 bits per heavy atom. The van der Waals surface area contributed by atoms with E-state index in [0.29, 0.717) is 5.88 Å². The van der Waals surface area contributed by atoms with Gasteiger partial charge in [0.05, 0.1) is 0 Å². The van der Waals surface area contributed by atoms with E-state index in [9.17, 15) is 0 Å². The van der Waals surface area contributed by atoms with Crippen LogP contribution >= 0.6 is 23.2 Å². The number of alkyl halides is 2. The molecule has 1 unspecified atom stereocenters. The van der Waals surface area contributed by atoms with Gasteiger partial charge in [0.15, 0.2) is 0 Å². The van der Waals surface area contributed by atoms with Gasteiger partial charge in [0.25, 0.3) is 0 Å². The highest BCUT2D eigenvalue weighted by molar-refractivity contribution is 6.28. The summed E-state index contributed by atoms with van der Waals surface area (Å²) in [5, 5.41) is 0.0681. The zero-order valence-electron chi connectivity index (χ0n) is 6.28. The number of hydrogen-bond acceptors (Lipinski definition) is 1. The van der Waals surface area contributed by atoms with Crippen LogP contribution in [-0.2, 0) is 4.74 Å². The van der Waals surface area contributed by atoms with E-state index in [1.165, 1.54) is 0 Å². The Bertz CT molecular complexity index is 68.6. The minimum atomic E-state index is 0.0681. The highest BCUT2D eigenvalue weighted by atomic mass is 35.5. The normalized spacial score (nSPS) is 13.5. The number of hydrogen-bond donors (Lipinski definition) is 0. The first-order valence-electron chi connectivity index (χ1n) is 3.59. The van der Waals surface area contributed by atoms with E-state index in [2.05, 4.69) is 6.92 Å². The van der Waals surface area contributed by atoms with E-state index >= 15 is 0 Å². The summed E-state index contributed by atoms with van der Waals surface area (Å²) in [5.41, 5.74) is 0. The van der Waals surface area contributed by atoms with Gasteiger partial charge < -0.3 is 4.74 Å². The van der Waals surface area contributed by atoms with Crippen molar-refractivity contribution in [2.45, 2.75) is 25.1 Å². The molecule has 0 N–H and O–H groups in total. The van der Waals surface area contributed by atoms with E-state index in [0.717, 1.165) is 26.1 Å². The van der Waals surface area contributed by atoms with Gasteiger partial charge in [0, 0.05) is 24.5 Å². The monoisotopic (exact) mass is 184 g/mol. The molecule has 0 aromatic heterocycles. The Morgan fingerprint density at radius 2 is 2.10 bits per heavy atom. The van der Waals surface area contributed by atoms with Crippen molar-refractivity contribution in [2.75, 3.05) is 19.1 Å². The summed E-state index contributed by atoms with van der Waals surface area (Å²) >= 11 is 11.2. The molecule has 0 heterocycles. The van der Waals surface area contributed by atoms with Crippen molar-refractivity contribution >= 4 is 23.2 Å². The molecule has 62 valence electrons. The molecule has 0 aromatic rings. The highest BCUT2D eigenvalue weighted by Gasteiger charge is 2.00. The summed E-state index contributed by atoms with van der Waals surface area (Å²) in [4.78, 5) is 0. The lowest BCUT2D eigenvalue weighted by Gasteiger charge is -2.04. The highest BCUT2D eigenvalue weighted by Crippen LogP contribution is 2.03. The quantitative estimate of drug-likeness (QED) is 0.456. The second-order valence-corrected chi connectivity index (χ2v) is 3.08. The van der Waals surface area contributed by atoms with E-state index in [1.807, 2.05) is 0 Å². The average Bonchev–Trinajstić information content (AvgIpc) is 1.98. The van der Waals surface area contributed by atoms with Crippen LogP contribution in [0.15, 0.2) is 0 Å². The van der Waals surface area contributed by atoms with E-state index in [1.54, 1.807) is 0 Å². The maximum atomic E-state index is 5.73. The Labute approximate surface area is 72.6 Å². The molecule has 0 aliphatic carbocycles. The molecule has 3 heteroatoms. The molecule has 0 saturated carbocycles. The summed E-state index contributed by atoms with van der Waals surface area (Å²) in [6.07, 6.45) is 1.92. The first kappa shape index (κ1) is 10.5. The fraction of sp³-hybridized carbons (Fsp3) is 1.00. The van der Waals surface area contributed by atoms with Gasteiger partial charge in [-0.3, -0.25) is 0 Å². The van der Waals surface area contributed by atoms with E-state index in [-0.39, 0.29) is 5.38 Å². The van der Waals surface area contributed by atoms with Crippen molar-refractivity contribution in [3.8, 4) is 0 Å². The molecule has 1 nitrogen and oxygen atoms in total. The second-order valence-electron chi connectivity index (χ2n) is 2.15. The van der Waals surface area contributed by atoms with Gasteiger partial charge in [-0.25, -0.2) is 0 Å². The minimum Gasteiger partial charge on any atom is -0.381 e. The van der Waals surface area contributed by atoms with Crippen molar-refractivity contribution in [3.05, 3.63) is 0 Å². The van der Waals surface area contributed by atoms with Crippen molar-refractivity contribution in [2.24, 2.45) is 0 Å². The number of ether oxygens (including phenoxy) is 1. The van der Waals surface area contributed by atoms with Crippen LogP contribution in [0.25, 0.3) is 0 Å². The summed E-state index contributed by atoms with van der Waals surface area (Å²) in [7, 11) is 0. The molecule has 0 saturated heterocycles. The molecule has 0 aliphatic rings. The van der Waals surface area contributed by atoms with Crippen LogP contribution in [0.4, 0.5) is 0 Å². The van der Waals surface area contributed by atoms with Crippen LogP contribution in [0.2, 0.25) is 0 Å². The van der Waals surface area contributed by atoms with Gasteiger partial charge in [0.2, 0.25) is 0 Å². The van der Waals surface area contributed by atoms with Crippen LogP contribution < -0.4 is 0 Å². The SMILES string of the molecule is CCCOCCC(Cl)CCl. The Morgan fingerprint density at radius 3 is 2.60 bits per heavy atom. The Hall–Kier alpha value is 0.540. The maximum absolute atomic E-state index is 5.73. The number of halogens is 2. The predicted octanol–water partition coefficient (Wildman–Crippen LogP) is 2.65. The van der Waals surface area contributed by atoms with Crippen LogP contribution in [0.1, 0.15) is 19.8 Å². The first-order chi connectivity index (χ1) is 4.81. The van der Waals surface area contributed by atoms with Gasteiger partial charge in [-0.15, -0.1) is 23.2 Å². The predicted molar refractivity (Wildman–Crippen MR) is 46.1 cm³/mol. The lowest BCUT2D eigenvalue weighted by molar-refractivity contribution is 0.132. The second kappa shape index (κ2) is 7.64. The van der Waals surface area contributed by atoms with Crippen LogP contribution in [-0.4, -0.2) is 24.5 Å². The third-order valence-corrected chi connectivity index (χ3v) is 1.99. The fourth-order valence-electron chi connectivity index (χ4n) is 0.535. The molecule has 0 radical (unpaired) electrons. The van der Waals surface area contributed by atoms with Crippen molar-refractivity contribution < 1.29 is 4.74 Å². The molecule has 0 rings (SSSR count). The van der Waals surface area contributed by atoms with Gasteiger partial charge >= 0.3 is 0 Å². The molecule has 0 aromatic carbocycles. The Kier molecular flexibility index (Phi) is 8.06. The average molecular weight is 185 g/mol. The lowest BCUT2D eigenvalue weighted by atomic mass is 10.3. The third kappa shape index (κ3) is 6.66. The van der Waals surface area contributed by atoms with Crippen LogP contribution in [0.3, 0.4) is 0 Å². The summed E-state index contributed by atoms with van der Waals surface area (Å²) in [6.45, 7) is 3.64. The molecule has 10 heavy (non-hydrogen) atoms. The Balaban J connectivity index is 2.89. The third-order valence-electron chi connectivity index (χ3n) is 1.09. The lowest BCUT2D eigenvalue weighted by Crippen LogP contribution is -2.06.